The molecule has 0 amide bonds. The maximum Gasteiger partial charge on any atom is 0.360 e. The molecule has 2 aromatic rings. The van der Waals surface area contributed by atoms with Crippen LogP contribution in [-0.2, 0) is 4.74 Å². The lowest BCUT2D eigenvalue weighted by atomic mass is 10.1. The van der Waals surface area contributed by atoms with E-state index >= 15 is 0 Å². The second kappa shape index (κ2) is 5.01. The number of hydrogen-bond donors (Lipinski definition) is 0. The van der Waals surface area contributed by atoms with Crippen molar-refractivity contribution in [2.75, 3.05) is 7.11 Å². The molecule has 6 heteroatoms. The topological polar surface area (TPSA) is 69.4 Å². The van der Waals surface area contributed by atoms with Crippen LogP contribution >= 0.6 is 11.6 Å². The second-order valence-corrected chi connectivity index (χ2v) is 3.73. The molecular formula is C12H8ClNO4. The van der Waals surface area contributed by atoms with Crippen molar-refractivity contribution in [2.24, 2.45) is 0 Å². The van der Waals surface area contributed by atoms with Crippen LogP contribution in [0.3, 0.4) is 0 Å². The number of rotatable bonds is 3. The van der Waals surface area contributed by atoms with Crippen LogP contribution in [0.25, 0.3) is 11.5 Å². The molecule has 2 rings (SSSR count). The number of halogens is 1. The van der Waals surface area contributed by atoms with Crippen LogP contribution in [0.2, 0.25) is 0 Å². The highest BCUT2D eigenvalue weighted by Crippen LogP contribution is 2.20. The molecule has 0 aliphatic carbocycles. The van der Waals surface area contributed by atoms with Crippen molar-refractivity contribution >= 4 is 22.8 Å². The SMILES string of the molecule is COC(=O)c1coc(-c2cccc(C(=O)Cl)c2)n1. The zero-order chi connectivity index (χ0) is 13.1. The molecule has 1 aromatic heterocycles. The van der Waals surface area contributed by atoms with E-state index in [2.05, 4.69) is 9.72 Å². The molecular weight excluding hydrogens is 258 g/mol. The minimum atomic E-state index is -0.588. The molecule has 0 unspecified atom stereocenters. The summed E-state index contributed by atoms with van der Waals surface area (Å²) in [5.41, 5.74) is 0.943. The van der Waals surface area contributed by atoms with Gasteiger partial charge in [0.25, 0.3) is 5.24 Å². The number of aromatic nitrogens is 1. The van der Waals surface area contributed by atoms with E-state index < -0.39 is 11.2 Å². The molecule has 0 aliphatic rings. The van der Waals surface area contributed by atoms with E-state index in [0.29, 0.717) is 11.1 Å². The van der Waals surface area contributed by atoms with Crippen molar-refractivity contribution < 1.29 is 18.7 Å². The Hall–Kier alpha value is -2.14. The highest BCUT2D eigenvalue weighted by molar-refractivity contribution is 6.67. The Morgan fingerprint density at radius 1 is 1.39 bits per heavy atom. The Labute approximate surface area is 107 Å². The molecule has 92 valence electrons. The van der Waals surface area contributed by atoms with Crippen LogP contribution in [0.5, 0.6) is 0 Å². The van der Waals surface area contributed by atoms with E-state index in [-0.39, 0.29) is 11.6 Å². The predicted octanol–water partition coefficient (Wildman–Crippen LogP) is 2.51. The molecule has 0 N–H and O–H groups in total. The van der Waals surface area contributed by atoms with Gasteiger partial charge >= 0.3 is 5.97 Å². The van der Waals surface area contributed by atoms with Crippen molar-refractivity contribution in [1.29, 1.82) is 0 Å². The van der Waals surface area contributed by atoms with E-state index in [1.54, 1.807) is 18.2 Å². The van der Waals surface area contributed by atoms with Crippen molar-refractivity contribution in [2.45, 2.75) is 0 Å². The van der Waals surface area contributed by atoms with Gasteiger partial charge in [0.05, 0.1) is 7.11 Å². The van der Waals surface area contributed by atoms with Crippen molar-refractivity contribution in [3.63, 3.8) is 0 Å². The number of nitrogens with zero attached hydrogens (tertiary/aromatic N) is 1. The van der Waals surface area contributed by atoms with Gasteiger partial charge in [-0.1, -0.05) is 12.1 Å². The second-order valence-electron chi connectivity index (χ2n) is 3.38. The van der Waals surface area contributed by atoms with Gasteiger partial charge in [-0.15, -0.1) is 0 Å². The summed E-state index contributed by atoms with van der Waals surface area (Å²) in [7, 11) is 1.25. The van der Waals surface area contributed by atoms with E-state index in [0.717, 1.165) is 0 Å². The van der Waals surface area contributed by atoms with Gasteiger partial charge in [-0.2, -0.15) is 0 Å². The summed E-state index contributed by atoms with van der Waals surface area (Å²) in [4.78, 5) is 26.2. The number of ether oxygens (including phenoxy) is 1. The molecule has 1 heterocycles. The molecule has 0 spiro atoms. The number of hydrogen-bond acceptors (Lipinski definition) is 5. The van der Waals surface area contributed by atoms with Gasteiger partial charge in [0, 0.05) is 11.1 Å². The summed E-state index contributed by atoms with van der Waals surface area (Å²) in [5.74, 6) is -0.371. The Bertz CT molecular complexity index is 606. The van der Waals surface area contributed by atoms with Crippen molar-refractivity contribution in [3.8, 4) is 11.5 Å². The van der Waals surface area contributed by atoms with Crippen LogP contribution in [0.1, 0.15) is 20.8 Å². The molecule has 0 fully saturated rings. The summed E-state index contributed by atoms with van der Waals surface area (Å²) >= 11 is 5.38. The third-order valence-corrected chi connectivity index (χ3v) is 2.45. The zero-order valence-corrected chi connectivity index (χ0v) is 10.1. The van der Waals surface area contributed by atoms with Gasteiger partial charge in [0.15, 0.2) is 5.69 Å². The molecule has 0 bridgehead atoms. The predicted molar refractivity (Wildman–Crippen MR) is 63.5 cm³/mol. The molecule has 0 atom stereocenters. The lowest BCUT2D eigenvalue weighted by Crippen LogP contribution is -2.01. The minimum Gasteiger partial charge on any atom is -0.464 e. The summed E-state index contributed by atoms with van der Waals surface area (Å²) in [6, 6.07) is 6.44. The number of esters is 1. The highest BCUT2D eigenvalue weighted by Gasteiger charge is 2.14. The molecule has 1 aromatic carbocycles. The minimum absolute atomic E-state index is 0.0649. The van der Waals surface area contributed by atoms with Gasteiger partial charge in [-0.05, 0) is 23.7 Å². The largest absolute Gasteiger partial charge is 0.464 e. The maximum atomic E-state index is 11.2. The van der Waals surface area contributed by atoms with Crippen molar-refractivity contribution in [3.05, 3.63) is 41.8 Å². The molecule has 5 nitrogen and oxygen atoms in total. The number of carbonyl (C=O) groups is 2. The quantitative estimate of drug-likeness (QED) is 0.630. The molecule has 0 saturated heterocycles. The first-order chi connectivity index (χ1) is 8.61. The average Bonchev–Trinajstić information content (AvgIpc) is 2.87. The van der Waals surface area contributed by atoms with Crippen LogP contribution < -0.4 is 0 Å². The number of carbonyl (C=O) groups excluding carboxylic acids is 2. The fraction of sp³-hybridized carbons (Fsp3) is 0.0833. The van der Waals surface area contributed by atoms with E-state index in [1.807, 2.05) is 0 Å². The van der Waals surface area contributed by atoms with Gasteiger partial charge in [-0.25, -0.2) is 9.78 Å². The smallest absolute Gasteiger partial charge is 0.360 e. The number of methoxy groups -OCH3 is 1. The van der Waals surface area contributed by atoms with Crippen LogP contribution in [0.4, 0.5) is 0 Å². The van der Waals surface area contributed by atoms with Crippen LogP contribution in [0, 0.1) is 0 Å². The summed E-state index contributed by atoms with van der Waals surface area (Å²) in [5, 5.41) is -0.573. The Balaban J connectivity index is 2.37. The first-order valence-electron chi connectivity index (χ1n) is 4.96. The van der Waals surface area contributed by atoms with E-state index in [1.165, 1.54) is 19.4 Å². The van der Waals surface area contributed by atoms with Gasteiger partial charge in [0.1, 0.15) is 6.26 Å². The monoisotopic (exact) mass is 265 g/mol. The summed E-state index contributed by atoms with van der Waals surface area (Å²) in [6.45, 7) is 0. The number of oxazole rings is 1. The zero-order valence-electron chi connectivity index (χ0n) is 9.34. The average molecular weight is 266 g/mol. The van der Waals surface area contributed by atoms with Gasteiger partial charge < -0.3 is 9.15 Å². The Morgan fingerprint density at radius 2 is 2.17 bits per heavy atom. The Kier molecular flexibility index (Phi) is 3.43. The summed E-state index contributed by atoms with van der Waals surface area (Å²) < 4.78 is 9.65. The lowest BCUT2D eigenvalue weighted by Gasteiger charge is -1.97. The third kappa shape index (κ3) is 2.41. The van der Waals surface area contributed by atoms with Crippen LogP contribution in [0.15, 0.2) is 34.9 Å². The van der Waals surface area contributed by atoms with Gasteiger partial charge in [0.2, 0.25) is 5.89 Å². The van der Waals surface area contributed by atoms with E-state index in [4.69, 9.17) is 16.0 Å². The molecule has 0 radical (unpaired) electrons. The van der Waals surface area contributed by atoms with Gasteiger partial charge in [-0.3, -0.25) is 4.79 Å². The highest BCUT2D eigenvalue weighted by atomic mass is 35.5. The molecule has 0 aliphatic heterocycles. The first kappa shape index (κ1) is 12.3. The first-order valence-corrected chi connectivity index (χ1v) is 5.33. The normalized spacial score (nSPS) is 10.1. The van der Waals surface area contributed by atoms with Crippen LogP contribution in [-0.4, -0.2) is 23.3 Å². The Morgan fingerprint density at radius 3 is 2.83 bits per heavy atom. The fourth-order valence-electron chi connectivity index (χ4n) is 1.38. The lowest BCUT2D eigenvalue weighted by molar-refractivity contribution is 0.0594. The third-order valence-electron chi connectivity index (χ3n) is 2.24. The molecule has 18 heavy (non-hydrogen) atoms. The molecule has 0 saturated carbocycles. The standard InChI is InChI=1S/C12H8ClNO4/c1-17-12(16)9-6-18-11(14-9)8-4-2-3-7(5-8)10(13)15/h2-6H,1H3. The number of benzene rings is 1. The van der Waals surface area contributed by atoms with E-state index in [9.17, 15) is 9.59 Å². The summed E-state index contributed by atoms with van der Waals surface area (Å²) in [6.07, 6.45) is 1.19. The van der Waals surface area contributed by atoms with Crippen molar-refractivity contribution in [1.82, 2.24) is 4.98 Å². The maximum absolute atomic E-state index is 11.2. The fourth-order valence-corrected chi connectivity index (χ4v) is 1.50.